The molecule has 0 aliphatic carbocycles. The minimum atomic E-state index is -0.271. The van der Waals surface area contributed by atoms with Crippen LogP contribution in [0.1, 0.15) is 24.0 Å². The number of ether oxygens (including phenoxy) is 1. The van der Waals surface area contributed by atoms with E-state index in [-0.39, 0.29) is 12.0 Å². The molecule has 1 amide bonds. The van der Waals surface area contributed by atoms with E-state index in [4.69, 9.17) is 4.74 Å². The van der Waals surface area contributed by atoms with Crippen LogP contribution in [-0.2, 0) is 22.6 Å². The van der Waals surface area contributed by atoms with Gasteiger partial charge < -0.3 is 14.5 Å². The first-order chi connectivity index (χ1) is 12.3. The van der Waals surface area contributed by atoms with E-state index in [2.05, 4.69) is 20.9 Å². The van der Waals surface area contributed by atoms with Crippen LogP contribution in [-0.4, -0.2) is 46.6 Å². The highest BCUT2D eigenvalue weighted by molar-refractivity contribution is 5.81. The maximum atomic E-state index is 12.8. The summed E-state index contributed by atoms with van der Waals surface area (Å²) in [6.45, 7) is 3.48. The van der Waals surface area contributed by atoms with Gasteiger partial charge in [-0.1, -0.05) is 6.07 Å². The van der Waals surface area contributed by atoms with Gasteiger partial charge in [0, 0.05) is 56.9 Å². The van der Waals surface area contributed by atoms with E-state index < -0.39 is 0 Å². The van der Waals surface area contributed by atoms with Gasteiger partial charge in [-0.25, -0.2) is 4.98 Å². The minimum absolute atomic E-state index is 0.109. The third-order valence-electron chi connectivity index (χ3n) is 4.81. The van der Waals surface area contributed by atoms with Crippen molar-refractivity contribution in [2.24, 2.45) is 0 Å². The van der Waals surface area contributed by atoms with Gasteiger partial charge in [0.1, 0.15) is 11.9 Å². The molecule has 0 bridgehead atoms. The number of hydrogen-bond donors (Lipinski definition) is 0. The molecular weight excluding hydrogens is 316 g/mol. The molecule has 0 unspecified atom stereocenters. The van der Waals surface area contributed by atoms with Crippen molar-refractivity contribution in [2.75, 3.05) is 24.6 Å². The molecule has 130 valence electrons. The SMILES string of the molecule is O=C([C@@H]1CCCO1)N1CCN(Cc2ccncc2)c2ncccc2C1. The first-order valence-corrected chi connectivity index (χ1v) is 8.79. The van der Waals surface area contributed by atoms with Crippen LogP contribution >= 0.6 is 0 Å². The Balaban J connectivity index is 1.56. The number of aromatic nitrogens is 2. The lowest BCUT2D eigenvalue weighted by Gasteiger charge is -2.25. The van der Waals surface area contributed by atoms with Gasteiger partial charge in [-0.2, -0.15) is 0 Å². The van der Waals surface area contributed by atoms with Gasteiger partial charge in [0.15, 0.2) is 0 Å². The van der Waals surface area contributed by atoms with Crippen molar-refractivity contribution in [1.82, 2.24) is 14.9 Å². The van der Waals surface area contributed by atoms with Crippen LogP contribution in [0.25, 0.3) is 0 Å². The Morgan fingerprint density at radius 3 is 2.88 bits per heavy atom. The second kappa shape index (κ2) is 7.19. The van der Waals surface area contributed by atoms with Crippen LogP contribution in [0.3, 0.4) is 0 Å². The largest absolute Gasteiger partial charge is 0.368 e. The van der Waals surface area contributed by atoms with Crippen molar-refractivity contribution in [3.05, 3.63) is 54.0 Å². The van der Waals surface area contributed by atoms with E-state index >= 15 is 0 Å². The lowest BCUT2D eigenvalue weighted by Crippen LogP contribution is -2.40. The van der Waals surface area contributed by atoms with E-state index in [0.717, 1.165) is 37.3 Å². The van der Waals surface area contributed by atoms with Crippen molar-refractivity contribution in [3.8, 4) is 0 Å². The summed E-state index contributed by atoms with van der Waals surface area (Å²) >= 11 is 0. The summed E-state index contributed by atoms with van der Waals surface area (Å²) < 4.78 is 5.59. The van der Waals surface area contributed by atoms with E-state index in [9.17, 15) is 4.79 Å². The molecule has 4 heterocycles. The molecule has 1 atom stereocenters. The summed E-state index contributed by atoms with van der Waals surface area (Å²) in [5, 5.41) is 0. The van der Waals surface area contributed by atoms with Crippen LogP contribution in [0.2, 0.25) is 0 Å². The lowest BCUT2D eigenvalue weighted by atomic mass is 10.2. The minimum Gasteiger partial charge on any atom is -0.368 e. The predicted molar refractivity (Wildman–Crippen MR) is 93.9 cm³/mol. The van der Waals surface area contributed by atoms with Crippen LogP contribution < -0.4 is 4.90 Å². The zero-order valence-corrected chi connectivity index (χ0v) is 14.2. The Labute approximate surface area is 147 Å². The maximum absolute atomic E-state index is 12.8. The molecule has 4 rings (SSSR count). The molecule has 2 aromatic rings. The summed E-state index contributed by atoms with van der Waals surface area (Å²) in [6.07, 6.45) is 6.95. The Kier molecular flexibility index (Phi) is 4.61. The Morgan fingerprint density at radius 2 is 2.08 bits per heavy atom. The average molecular weight is 338 g/mol. The summed E-state index contributed by atoms with van der Waals surface area (Å²) in [6, 6.07) is 8.03. The molecule has 0 aromatic carbocycles. The fourth-order valence-corrected chi connectivity index (χ4v) is 3.50. The Bertz CT molecular complexity index is 731. The third-order valence-corrected chi connectivity index (χ3v) is 4.81. The first-order valence-electron chi connectivity index (χ1n) is 8.79. The quantitative estimate of drug-likeness (QED) is 0.857. The molecule has 0 saturated carbocycles. The van der Waals surface area contributed by atoms with Gasteiger partial charge in [0.25, 0.3) is 5.91 Å². The average Bonchev–Trinajstić information content (AvgIpc) is 3.13. The van der Waals surface area contributed by atoms with E-state index in [1.165, 1.54) is 5.56 Å². The fourth-order valence-electron chi connectivity index (χ4n) is 3.50. The molecule has 1 saturated heterocycles. The van der Waals surface area contributed by atoms with Crippen molar-refractivity contribution in [3.63, 3.8) is 0 Å². The number of anilines is 1. The normalized spacial score (nSPS) is 20.2. The van der Waals surface area contributed by atoms with Crippen LogP contribution in [0.5, 0.6) is 0 Å². The molecule has 2 aliphatic heterocycles. The topological polar surface area (TPSA) is 58.6 Å². The highest BCUT2D eigenvalue weighted by Gasteiger charge is 2.31. The van der Waals surface area contributed by atoms with Crippen molar-refractivity contribution in [1.29, 1.82) is 0 Å². The van der Waals surface area contributed by atoms with Gasteiger partial charge in [0.05, 0.1) is 0 Å². The first kappa shape index (κ1) is 16.0. The molecule has 0 spiro atoms. The zero-order valence-electron chi connectivity index (χ0n) is 14.2. The summed E-state index contributed by atoms with van der Waals surface area (Å²) in [5.74, 6) is 1.07. The van der Waals surface area contributed by atoms with Crippen LogP contribution in [0.4, 0.5) is 5.82 Å². The van der Waals surface area contributed by atoms with E-state index in [1.54, 1.807) is 12.4 Å². The van der Waals surface area contributed by atoms with Crippen LogP contribution in [0, 0.1) is 0 Å². The van der Waals surface area contributed by atoms with Crippen LogP contribution in [0.15, 0.2) is 42.9 Å². The smallest absolute Gasteiger partial charge is 0.252 e. The van der Waals surface area contributed by atoms with E-state index in [0.29, 0.717) is 19.7 Å². The lowest BCUT2D eigenvalue weighted by molar-refractivity contribution is -0.141. The van der Waals surface area contributed by atoms with Crippen molar-refractivity contribution in [2.45, 2.75) is 32.0 Å². The molecule has 2 aliphatic rings. The number of fused-ring (bicyclic) bond motifs is 1. The third kappa shape index (κ3) is 3.49. The number of carbonyl (C=O) groups excluding carboxylic acids is 1. The molecule has 6 nitrogen and oxygen atoms in total. The second-order valence-electron chi connectivity index (χ2n) is 6.52. The molecule has 25 heavy (non-hydrogen) atoms. The molecule has 6 heteroatoms. The molecule has 2 aromatic heterocycles. The molecule has 1 fully saturated rings. The summed E-state index contributed by atoms with van der Waals surface area (Å²) in [5.41, 5.74) is 2.27. The van der Waals surface area contributed by atoms with Gasteiger partial charge in [-0.15, -0.1) is 0 Å². The molecular formula is C19H22N4O2. The Morgan fingerprint density at radius 1 is 1.20 bits per heavy atom. The highest BCUT2D eigenvalue weighted by atomic mass is 16.5. The number of rotatable bonds is 3. The second-order valence-corrected chi connectivity index (χ2v) is 6.52. The maximum Gasteiger partial charge on any atom is 0.252 e. The number of hydrogen-bond acceptors (Lipinski definition) is 5. The van der Waals surface area contributed by atoms with E-state index in [1.807, 2.05) is 29.3 Å². The standard InChI is InChI=1S/C19H22N4O2/c24-19(17-4-2-12-25-17)23-11-10-22(13-15-5-8-20-9-6-15)18-16(14-23)3-1-7-21-18/h1,3,5-9,17H,2,4,10-14H2/t17-/m0/s1. The predicted octanol–water partition coefficient (Wildman–Crippen LogP) is 2.00. The monoisotopic (exact) mass is 338 g/mol. The van der Waals surface area contributed by atoms with Crippen molar-refractivity contribution < 1.29 is 9.53 Å². The van der Waals surface area contributed by atoms with Gasteiger partial charge in [-0.3, -0.25) is 9.78 Å². The number of carbonyl (C=O) groups is 1. The highest BCUT2D eigenvalue weighted by Crippen LogP contribution is 2.25. The summed E-state index contributed by atoms with van der Waals surface area (Å²) in [7, 11) is 0. The number of nitrogens with zero attached hydrogens (tertiary/aromatic N) is 4. The summed E-state index contributed by atoms with van der Waals surface area (Å²) in [4.78, 5) is 25.6. The van der Waals surface area contributed by atoms with Gasteiger partial charge >= 0.3 is 0 Å². The van der Waals surface area contributed by atoms with Gasteiger partial charge in [-0.05, 0) is 36.6 Å². The Hall–Kier alpha value is -2.47. The molecule has 0 N–H and O–H groups in total. The zero-order chi connectivity index (χ0) is 17.1. The number of pyridine rings is 2. The molecule has 0 radical (unpaired) electrons. The van der Waals surface area contributed by atoms with Crippen molar-refractivity contribution >= 4 is 11.7 Å². The number of amides is 1. The fraction of sp³-hybridized carbons (Fsp3) is 0.421. The van der Waals surface area contributed by atoms with Gasteiger partial charge in [0.2, 0.25) is 0 Å².